The van der Waals surface area contributed by atoms with Crippen LogP contribution >= 0.6 is 21.6 Å². The van der Waals surface area contributed by atoms with Gasteiger partial charge in [-0.15, -0.1) is 0 Å². The summed E-state index contributed by atoms with van der Waals surface area (Å²) in [5.41, 5.74) is 1.06. The second-order valence-electron chi connectivity index (χ2n) is 2.76. The van der Waals surface area contributed by atoms with E-state index in [9.17, 15) is 14.9 Å². The van der Waals surface area contributed by atoms with Crippen LogP contribution < -0.4 is 0 Å². The molecule has 0 saturated carbocycles. The predicted molar refractivity (Wildman–Crippen MR) is 62.7 cm³/mol. The van der Waals surface area contributed by atoms with E-state index in [0.29, 0.717) is 5.75 Å². The van der Waals surface area contributed by atoms with Gasteiger partial charge in [-0.1, -0.05) is 22.9 Å². The van der Waals surface area contributed by atoms with Crippen LogP contribution in [0.1, 0.15) is 12.5 Å². The molecule has 0 fully saturated rings. The number of hydrogen-bond acceptors (Lipinski definition) is 5. The first-order chi connectivity index (χ1) is 7.09. The maximum absolute atomic E-state index is 10.6. The van der Waals surface area contributed by atoms with E-state index in [4.69, 9.17) is 0 Å². The number of rotatable bonds is 4. The highest BCUT2D eigenvalue weighted by Gasteiger charge is 2.04. The van der Waals surface area contributed by atoms with E-state index >= 15 is 0 Å². The highest BCUT2D eigenvalue weighted by atomic mass is 33.1. The Labute approximate surface area is 95.0 Å². The highest BCUT2D eigenvalue weighted by molar-refractivity contribution is 8.81. The Kier molecular flexibility index (Phi) is 4.64. The van der Waals surface area contributed by atoms with Crippen molar-refractivity contribution in [3.05, 3.63) is 39.9 Å². The third kappa shape index (κ3) is 4.35. The highest BCUT2D eigenvalue weighted by Crippen LogP contribution is 2.26. The lowest BCUT2D eigenvalue weighted by Crippen LogP contribution is -1.88. The van der Waals surface area contributed by atoms with Gasteiger partial charge in [0.25, 0.3) is 5.69 Å². The standard InChI is InChI=1S/C9H9NO3S2/c1-7(11)15-14-6-8-2-4-9(5-3-8)10(12)13/h2-5H,6H2,1H3. The van der Waals surface area contributed by atoms with Gasteiger partial charge >= 0.3 is 0 Å². The first-order valence-electron chi connectivity index (χ1n) is 4.13. The summed E-state index contributed by atoms with van der Waals surface area (Å²) in [6.07, 6.45) is 0. The van der Waals surface area contributed by atoms with Crippen molar-refractivity contribution < 1.29 is 9.72 Å². The van der Waals surface area contributed by atoms with Gasteiger partial charge in [0.05, 0.1) is 4.92 Å². The Morgan fingerprint density at radius 1 is 1.40 bits per heavy atom. The number of nitro benzene ring substituents is 1. The van der Waals surface area contributed by atoms with Crippen LogP contribution in [0.25, 0.3) is 0 Å². The molecule has 1 rings (SSSR count). The summed E-state index contributed by atoms with van der Waals surface area (Å²) in [7, 11) is 2.61. The Morgan fingerprint density at radius 3 is 2.47 bits per heavy atom. The third-order valence-corrected chi connectivity index (χ3v) is 3.76. The van der Waals surface area contributed by atoms with Crippen molar-refractivity contribution in [1.29, 1.82) is 0 Å². The number of nitro groups is 1. The second kappa shape index (κ2) is 5.77. The van der Waals surface area contributed by atoms with Crippen molar-refractivity contribution >= 4 is 32.4 Å². The first kappa shape index (κ1) is 12.1. The third-order valence-electron chi connectivity index (χ3n) is 1.55. The number of carbonyl (C=O) groups is 1. The van der Waals surface area contributed by atoms with E-state index in [0.717, 1.165) is 5.56 Å². The van der Waals surface area contributed by atoms with E-state index in [1.54, 1.807) is 12.1 Å². The number of carbonyl (C=O) groups excluding carboxylic acids is 1. The molecule has 1 aromatic rings. The summed E-state index contributed by atoms with van der Waals surface area (Å²) >= 11 is 0. The normalized spacial score (nSPS) is 9.93. The molecular weight excluding hydrogens is 234 g/mol. The molecule has 0 atom stereocenters. The molecule has 0 aliphatic carbocycles. The monoisotopic (exact) mass is 243 g/mol. The van der Waals surface area contributed by atoms with Crippen molar-refractivity contribution in [2.75, 3.05) is 0 Å². The van der Waals surface area contributed by atoms with Gasteiger partial charge in [-0.3, -0.25) is 14.9 Å². The summed E-state index contributed by atoms with van der Waals surface area (Å²) in [6.45, 7) is 1.51. The van der Waals surface area contributed by atoms with Crippen LogP contribution in [0.3, 0.4) is 0 Å². The molecule has 6 heteroatoms. The molecule has 0 radical (unpaired) electrons. The lowest BCUT2D eigenvalue weighted by Gasteiger charge is -1.98. The molecule has 0 amide bonds. The van der Waals surface area contributed by atoms with Gasteiger partial charge in [0, 0.05) is 24.8 Å². The molecule has 0 N–H and O–H groups in total. The number of benzene rings is 1. The zero-order chi connectivity index (χ0) is 11.3. The van der Waals surface area contributed by atoms with Crippen molar-refractivity contribution in [3.8, 4) is 0 Å². The lowest BCUT2D eigenvalue weighted by molar-refractivity contribution is -0.384. The van der Waals surface area contributed by atoms with E-state index in [-0.39, 0.29) is 10.8 Å². The molecule has 0 aromatic heterocycles. The van der Waals surface area contributed by atoms with Crippen molar-refractivity contribution in [1.82, 2.24) is 0 Å². The van der Waals surface area contributed by atoms with Crippen LogP contribution in [0.15, 0.2) is 24.3 Å². The fourth-order valence-electron chi connectivity index (χ4n) is 0.894. The average Bonchev–Trinajstić information content (AvgIpc) is 2.18. The minimum atomic E-state index is -0.429. The first-order valence-corrected chi connectivity index (χ1v) is 6.45. The maximum atomic E-state index is 10.6. The van der Waals surface area contributed by atoms with Crippen LogP contribution in [-0.2, 0) is 10.5 Å². The molecule has 4 nitrogen and oxygen atoms in total. The zero-order valence-electron chi connectivity index (χ0n) is 8.00. The molecule has 0 unspecified atom stereocenters. The fourth-order valence-corrected chi connectivity index (χ4v) is 2.53. The van der Waals surface area contributed by atoms with E-state index in [2.05, 4.69) is 0 Å². The van der Waals surface area contributed by atoms with Gasteiger partial charge in [-0.25, -0.2) is 0 Å². The molecule has 0 saturated heterocycles. The smallest absolute Gasteiger partial charge is 0.269 e. The summed E-state index contributed by atoms with van der Waals surface area (Å²) in [5.74, 6) is 0.669. The average molecular weight is 243 g/mol. The predicted octanol–water partition coefficient (Wildman–Crippen LogP) is 3.02. The van der Waals surface area contributed by atoms with Gasteiger partial charge < -0.3 is 0 Å². The Morgan fingerprint density at radius 2 is 2.00 bits per heavy atom. The number of nitrogens with zero attached hydrogens (tertiary/aromatic N) is 1. The molecule has 1 aromatic carbocycles. The van der Waals surface area contributed by atoms with Gasteiger partial charge in [-0.05, 0) is 16.4 Å². The van der Waals surface area contributed by atoms with Gasteiger partial charge in [0.1, 0.15) is 0 Å². The molecule has 0 aliphatic rings. The molecular formula is C9H9NO3S2. The van der Waals surface area contributed by atoms with Crippen molar-refractivity contribution in [3.63, 3.8) is 0 Å². The van der Waals surface area contributed by atoms with Crippen LogP contribution in [0, 0.1) is 10.1 Å². The Balaban J connectivity index is 2.50. The van der Waals surface area contributed by atoms with Crippen LogP contribution in [0.2, 0.25) is 0 Å². The van der Waals surface area contributed by atoms with E-state index in [1.807, 2.05) is 0 Å². The maximum Gasteiger partial charge on any atom is 0.269 e. The van der Waals surface area contributed by atoms with Crippen molar-refractivity contribution in [2.24, 2.45) is 0 Å². The number of non-ortho nitro benzene ring substituents is 1. The van der Waals surface area contributed by atoms with Crippen LogP contribution in [0.4, 0.5) is 5.69 Å². The Hall–Kier alpha value is -1.01. The minimum Gasteiger partial charge on any atom is -0.287 e. The van der Waals surface area contributed by atoms with Crippen molar-refractivity contribution in [2.45, 2.75) is 12.7 Å². The van der Waals surface area contributed by atoms with E-state index in [1.165, 1.54) is 40.6 Å². The summed E-state index contributed by atoms with van der Waals surface area (Å²) < 4.78 is 0. The quantitative estimate of drug-likeness (QED) is 0.462. The van der Waals surface area contributed by atoms with Gasteiger partial charge in [0.2, 0.25) is 0 Å². The fraction of sp³-hybridized carbons (Fsp3) is 0.222. The topological polar surface area (TPSA) is 60.2 Å². The minimum absolute atomic E-state index is 0.0573. The molecule has 0 bridgehead atoms. The number of hydrogen-bond donors (Lipinski definition) is 0. The molecule has 0 spiro atoms. The van der Waals surface area contributed by atoms with E-state index < -0.39 is 4.92 Å². The molecule has 15 heavy (non-hydrogen) atoms. The molecule has 0 heterocycles. The second-order valence-corrected chi connectivity index (χ2v) is 5.23. The summed E-state index contributed by atoms with van der Waals surface area (Å²) in [6, 6.07) is 6.33. The van der Waals surface area contributed by atoms with Crippen LogP contribution in [-0.4, -0.2) is 10.0 Å². The molecule has 80 valence electrons. The lowest BCUT2D eigenvalue weighted by atomic mass is 10.2. The molecule has 0 aliphatic heterocycles. The summed E-state index contributed by atoms with van der Waals surface area (Å²) in [5, 5.41) is 10.4. The SMILES string of the molecule is CC(=O)SSCc1ccc([N+](=O)[O-])cc1. The van der Waals surface area contributed by atoms with Gasteiger partial charge in [-0.2, -0.15) is 0 Å². The van der Waals surface area contributed by atoms with Crippen LogP contribution in [0.5, 0.6) is 0 Å². The summed E-state index contributed by atoms with van der Waals surface area (Å²) in [4.78, 5) is 20.6. The Bertz CT molecular complexity index is 364. The largest absolute Gasteiger partial charge is 0.287 e. The zero-order valence-corrected chi connectivity index (χ0v) is 9.64. The van der Waals surface area contributed by atoms with Gasteiger partial charge in [0.15, 0.2) is 5.12 Å².